The molecule has 0 heterocycles. The molecule has 0 nitrogen and oxygen atoms in total. The average molecular weight is 300 g/mol. The summed E-state index contributed by atoms with van der Waals surface area (Å²) in [7, 11) is 0. The van der Waals surface area contributed by atoms with Crippen molar-refractivity contribution in [2.24, 2.45) is 0 Å². The van der Waals surface area contributed by atoms with Gasteiger partial charge in [0.05, 0.1) is 0 Å². The van der Waals surface area contributed by atoms with E-state index in [0.29, 0.717) is 0 Å². The Labute approximate surface area is 91.8 Å². The van der Waals surface area contributed by atoms with Crippen molar-refractivity contribution in [2.75, 3.05) is 0 Å². The van der Waals surface area contributed by atoms with Crippen LogP contribution in [0.1, 0.15) is 0 Å². The van der Waals surface area contributed by atoms with Crippen LogP contribution < -0.4 is 0 Å². The summed E-state index contributed by atoms with van der Waals surface area (Å²) in [6.45, 7) is 0. The van der Waals surface area contributed by atoms with E-state index in [0.717, 1.165) is 0 Å². The van der Waals surface area contributed by atoms with Crippen LogP contribution in [0.5, 0.6) is 0 Å². The molecule has 0 fully saturated rings. The van der Waals surface area contributed by atoms with Gasteiger partial charge in [0, 0.05) is 55.1 Å². The van der Waals surface area contributed by atoms with Gasteiger partial charge >= 0.3 is 0 Å². The smallest absolute Gasteiger partial charge is 0.153 e. The molecule has 0 aliphatic carbocycles. The zero-order chi connectivity index (χ0) is 0. The monoisotopic (exact) mass is 299 g/mol. The summed E-state index contributed by atoms with van der Waals surface area (Å²) in [6, 6.07) is 0. The Morgan fingerprint density at radius 3 is 1.00 bits per heavy atom. The van der Waals surface area contributed by atoms with Crippen LogP contribution in [-0.2, 0) is 19.5 Å². The standard InChI is InChI=1S/Al.La.H3P.H4Si.Zn.3H/h;;1H3;1H4;;;;. The summed E-state index contributed by atoms with van der Waals surface area (Å²) in [4.78, 5) is 0. The summed E-state index contributed by atoms with van der Waals surface area (Å²) >= 11 is 0. The molecule has 0 saturated carbocycles. The first-order valence-electron chi connectivity index (χ1n) is 0. The fraction of sp³-hybridized carbons (Fsp3) is 0. The van der Waals surface area contributed by atoms with E-state index in [1.165, 1.54) is 0 Å². The second-order valence-corrected chi connectivity index (χ2v) is 0. The minimum absolute atomic E-state index is 0. The molecule has 0 aliphatic heterocycles. The van der Waals surface area contributed by atoms with Gasteiger partial charge in [-0.15, -0.1) is 0 Å². The van der Waals surface area contributed by atoms with Crippen molar-refractivity contribution < 1.29 is 55.1 Å². The van der Waals surface area contributed by atoms with Crippen molar-refractivity contribution in [3.63, 3.8) is 0 Å². The minimum Gasteiger partial charge on any atom is -0.153 e. The Bertz CT molecular complexity index is 11.6. The third-order valence-corrected chi connectivity index (χ3v) is 0. The van der Waals surface area contributed by atoms with Crippen molar-refractivity contribution in [2.45, 2.75) is 0 Å². The molecule has 0 spiro atoms. The molecule has 5 heteroatoms. The van der Waals surface area contributed by atoms with Crippen LogP contribution in [-0.4, -0.2) is 28.3 Å². The predicted molar refractivity (Wildman–Crippen MR) is 32.4 cm³/mol. The van der Waals surface area contributed by atoms with E-state index in [1.807, 2.05) is 0 Å². The van der Waals surface area contributed by atoms with Crippen LogP contribution >= 0.6 is 9.90 Å². The fourth-order valence-corrected chi connectivity index (χ4v) is 0. The van der Waals surface area contributed by atoms with Gasteiger partial charge in [-0.25, -0.2) is 0 Å². The molecule has 0 N–H and O–H groups in total. The van der Waals surface area contributed by atoms with Gasteiger partial charge in [-0.3, -0.25) is 0 Å². The van der Waals surface area contributed by atoms with E-state index < -0.39 is 0 Å². The Balaban J connectivity index is 0. The van der Waals surface area contributed by atoms with Crippen molar-refractivity contribution in [1.82, 2.24) is 0 Å². The quantitative estimate of drug-likeness (QED) is 0.341. The summed E-state index contributed by atoms with van der Waals surface area (Å²) in [5.74, 6) is 0. The molecule has 0 bridgehead atoms. The zero-order valence-electron chi connectivity index (χ0n) is 1.99. The number of rotatable bonds is 0. The van der Waals surface area contributed by atoms with Gasteiger partial charge in [-0.05, 0) is 11.0 Å². The molecule has 1 radical (unpaired) electrons. The first kappa shape index (κ1) is 43.6. The molecule has 0 aliphatic rings. The van der Waals surface area contributed by atoms with Crippen LogP contribution in [0.3, 0.4) is 0 Å². The summed E-state index contributed by atoms with van der Waals surface area (Å²) in [5.41, 5.74) is 0. The molecule has 0 aromatic rings. The molecule has 0 amide bonds. The summed E-state index contributed by atoms with van der Waals surface area (Å²) in [5, 5.41) is 0. The molecule has 1 unspecified atom stereocenters. The molecule has 0 rings (SSSR count). The molecule has 0 aromatic heterocycles. The van der Waals surface area contributed by atoms with Gasteiger partial charge in [-0.2, -0.15) is 9.90 Å². The maximum absolute atomic E-state index is 0. The molecule has 0 saturated heterocycles. The van der Waals surface area contributed by atoms with Gasteiger partial charge in [-0.1, -0.05) is 0 Å². The number of hydrogen-bond acceptors (Lipinski definition) is 0. The van der Waals surface area contributed by atoms with Gasteiger partial charge in [0.2, 0.25) is 0 Å². The van der Waals surface area contributed by atoms with E-state index in [2.05, 4.69) is 0 Å². The molecule has 0 aromatic carbocycles. The van der Waals surface area contributed by atoms with E-state index in [-0.39, 0.29) is 93.3 Å². The Hall–Kier alpha value is 3.00. The van der Waals surface area contributed by atoms with Crippen LogP contribution in [0.25, 0.3) is 0 Å². The first-order chi connectivity index (χ1) is 0. The zero-order valence-corrected chi connectivity index (χ0v) is 10.00. The SMILES string of the molecule is P.[AlH3].[La].[SiH4].[Zn]. The Kier molecular flexibility index (Phi) is 244. The molecular weight excluding hydrogens is 290 g/mol. The summed E-state index contributed by atoms with van der Waals surface area (Å²) in [6.07, 6.45) is 0. The fourth-order valence-electron chi connectivity index (χ4n) is 0. The Morgan fingerprint density at radius 2 is 1.00 bits per heavy atom. The minimum atomic E-state index is 0. The third-order valence-electron chi connectivity index (χ3n) is 0. The van der Waals surface area contributed by atoms with Crippen LogP contribution in [0.15, 0.2) is 0 Å². The maximum atomic E-state index is 0. The molecule has 27 valence electrons. The van der Waals surface area contributed by atoms with E-state index in [1.54, 1.807) is 0 Å². The van der Waals surface area contributed by atoms with Crippen LogP contribution in [0, 0.1) is 35.6 Å². The topological polar surface area (TPSA) is 0 Å². The first-order valence-corrected chi connectivity index (χ1v) is 0. The molecule has 5 heavy (non-hydrogen) atoms. The number of hydrogen-bond donors (Lipinski definition) is 0. The van der Waals surface area contributed by atoms with Crippen molar-refractivity contribution >= 4 is 38.2 Å². The van der Waals surface area contributed by atoms with Gasteiger partial charge < -0.3 is 0 Å². The molecule has 1 atom stereocenters. The van der Waals surface area contributed by atoms with E-state index >= 15 is 0 Å². The van der Waals surface area contributed by atoms with Gasteiger partial charge in [0.1, 0.15) is 0 Å². The largest absolute Gasteiger partial charge is 0.187 e. The van der Waals surface area contributed by atoms with Crippen molar-refractivity contribution in [3.8, 4) is 0 Å². The average Bonchev–Trinajstić information content (AvgIpc) is 0. The third kappa shape index (κ3) is 19.5. The Morgan fingerprint density at radius 1 is 1.00 bits per heavy atom. The van der Waals surface area contributed by atoms with E-state index in [9.17, 15) is 0 Å². The van der Waals surface area contributed by atoms with Crippen molar-refractivity contribution in [1.29, 1.82) is 0 Å². The second kappa shape index (κ2) is 28.0. The van der Waals surface area contributed by atoms with Gasteiger partial charge in [0.25, 0.3) is 0 Å². The molecular formula is H10AlLaPSiZn. The predicted octanol–water partition coefficient (Wildman–Crippen LogP) is -2.58. The van der Waals surface area contributed by atoms with Crippen LogP contribution in [0.4, 0.5) is 0 Å². The maximum Gasteiger partial charge on any atom is 0.187 e. The normalized spacial score (nSPS) is 0. The van der Waals surface area contributed by atoms with Crippen LogP contribution in [0.2, 0.25) is 0 Å². The summed E-state index contributed by atoms with van der Waals surface area (Å²) < 4.78 is 0. The van der Waals surface area contributed by atoms with Crippen molar-refractivity contribution in [3.05, 3.63) is 0 Å². The second-order valence-electron chi connectivity index (χ2n) is 0. The van der Waals surface area contributed by atoms with Gasteiger partial charge in [0.15, 0.2) is 17.4 Å². The van der Waals surface area contributed by atoms with E-state index in [4.69, 9.17) is 0 Å².